The Kier molecular flexibility index (Phi) is 5.15. The Balaban J connectivity index is 1.81. The van der Waals surface area contributed by atoms with Crippen LogP contribution in [-0.2, 0) is 9.59 Å². The number of carbonyl (C=O) groups excluding carboxylic acids is 2. The third-order valence-corrected chi connectivity index (χ3v) is 3.91. The van der Waals surface area contributed by atoms with Gasteiger partial charge in [0.2, 0.25) is 5.91 Å². The monoisotopic (exact) mass is 294 g/mol. The lowest BCUT2D eigenvalue weighted by Gasteiger charge is -2.30. The number of hydrogen-bond acceptors (Lipinski definition) is 3. The summed E-state index contributed by atoms with van der Waals surface area (Å²) in [5.74, 6) is 0.284. The summed E-state index contributed by atoms with van der Waals surface area (Å²) in [6, 6.07) is 7.36. The number of nitrogens with one attached hydrogen (secondary N) is 1. The highest BCUT2D eigenvalue weighted by Crippen LogP contribution is 2.19. The summed E-state index contributed by atoms with van der Waals surface area (Å²) in [4.78, 5) is 25.2. The molecule has 0 aromatic heterocycles. The number of likely N-dealkylation sites (N-methyl/N-ethyl adjacent to an activating group) is 1. The molecule has 1 aromatic carbocycles. The Morgan fingerprint density at radius 3 is 2.50 bits per heavy atom. The molecule has 0 atom stereocenters. The van der Waals surface area contributed by atoms with Crippen LogP contribution in [0.25, 0.3) is 0 Å². The van der Waals surface area contributed by atoms with Crippen LogP contribution < -0.4 is 5.32 Å². The van der Waals surface area contributed by atoms with Crippen molar-refractivity contribution in [2.45, 2.75) is 31.7 Å². The van der Waals surface area contributed by atoms with Crippen molar-refractivity contribution in [3.05, 3.63) is 29.3 Å². The van der Waals surface area contributed by atoms with Crippen LogP contribution in [0.5, 0.6) is 0 Å². The molecule has 0 spiro atoms. The van der Waals surface area contributed by atoms with E-state index in [1.54, 1.807) is 24.3 Å². The highest BCUT2D eigenvalue weighted by Gasteiger charge is 2.23. The van der Waals surface area contributed by atoms with Gasteiger partial charge in [0.25, 0.3) is 0 Å². The molecule has 0 bridgehead atoms. The number of carbonyl (C=O) groups is 2. The molecule has 0 aliphatic heterocycles. The average molecular weight is 295 g/mol. The zero-order valence-electron chi connectivity index (χ0n) is 11.6. The van der Waals surface area contributed by atoms with Gasteiger partial charge in [-0.2, -0.15) is 0 Å². The van der Waals surface area contributed by atoms with E-state index in [4.69, 9.17) is 11.6 Å². The van der Waals surface area contributed by atoms with E-state index in [2.05, 4.69) is 5.32 Å². The van der Waals surface area contributed by atoms with E-state index in [0.717, 1.165) is 18.5 Å². The molecule has 1 N–H and O–H groups in total. The van der Waals surface area contributed by atoms with Crippen molar-refractivity contribution in [2.75, 3.05) is 18.9 Å². The molecule has 4 nitrogen and oxygen atoms in total. The summed E-state index contributed by atoms with van der Waals surface area (Å²) < 4.78 is 0. The predicted octanol–water partition coefficient (Wildman–Crippen LogP) is 2.72. The van der Waals surface area contributed by atoms with Crippen molar-refractivity contribution in [1.29, 1.82) is 0 Å². The Labute approximate surface area is 124 Å². The molecule has 108 valence electrons. The van der Waals surface area contributed by atoms with E-state index in [1.165, 1.54) is 0 Å². The maximum absolute atomic E-state index is 12.0. The smallest absolute Gasteiger partial charge is 0.238 e. The minimum absolute atomic E-state index is 0.0493. The number of halogens is 1. The molecule has 1 saturated carbocycles. The first-order valence-corrected chi connectivity index (χ1v) is 7.20. The highest BCUT2D eigenvalue weighted by atomic mass is 35.5. The molecule has 1 fully saturated rings. The normalized spacial score (nSPS) is 16.4. The van der Waals surface area contributed by atoms with Crippen molar-refractivity contribution in [3.8, 4) is 0 Å². The standard InChI is InChI=1S/C15H19ClN2O2/c1-18(13-6-8-14(19)9-7-13)10-15(20)17-12-4-2-11(16)3-5-12/h2-5,13H,6-10H2,1H3,(H,17,20). The number of nitrogens with zero attached hydrogens (tertiary/aromatic N) is 1. The maximum atomic E-state index is 12.0. The molecular formula is C15H19ClN2O2. The van der Waals surface area contributed by atoms with Gasteiger partial charge in [0.15, 0.2) is 0 Å². The minimum Gasteiger partial charge on any atom is -0.325 e. The number of ketones is 1. The summed E-state index contributed by atoms with van der Waals surface area (Å²) >= 11 is 5.80. The molecule has 1 aliphatic carbocycles. The predicted molar refractivity (Wildman–Crippen MR) is 80.0 cm³/mol. The van der Waals surface area contributed by atoms with Crippen LogP contribution in [0.4, 0.5) is 5.69 Å². The number of benzene rings is 1. The van der Waals surface area contributed by atoms with Crippen LogP contribution in [0.3, 0.4) is 0 Å². The van der Waals surface area contributed by atoms with Crippen molar-refractivity contribution in [3.63, 3.8) is 0 Å². The molecular weight excluding hydrogens is 276 g/mol. The first-order valence-electron chi connectivity index (χ1n) is 6.82. The van der Waals surface area contributed by atoms with E-state index in [-0.39, 0.29) is 5.91 Å². The van der Waals surface area contributed by atoms with Crippen molar-refractivity contribution in [1.82, 2.24) is 4.90 Å². The van der Waals surface area contributed by atoms with Gasteiger partial charge in [0.1, 0.15) is 5.78 Å². The van der Waals surface area contributed by atoms with Gasteiger partial charge >= 0.3 is 0 Å². The molecule has 20 heavy (non-hydrogen) atoms. The summed E-state index contributed by atoms with van der Waals surface area (Å²) in [5.41, 5.74) is 0.742. The summed E-state index contributed by atoms with van der Waals surface area (Å²) in [6.07, 6.45) is 2.97. The van der Waals surface area contributed by atoms with Crippen LogP contribution in [0.2, 0.25) is 5.02 Å². The van der Waals surface area contributed by atoms with Gasteiger partial charge in [-0.15, -0.1) is 0 Å². The third-order valence-electron chi connectivity index (χ3n) is 3.66. The van der Waals surface area contributed by atoms with E-state index < -0.39 is 0 Å². The fourth-order valence-corrected chi connectivity index (χ4v) is 2.58. The van der Waals surface area contributed by atoms with E-state index >= 15 is 0 Å². The lowest BCUT2D eigenvalue weighted by Crippen LogP contribution is -2.40. The van der Waals surface area contributed by atoms with E-state index in [1.807, 2.05) is 11.9 Å². The Morgan fingerprint density at radius 1 is 1.30 bits per heavy atom. The zero-order chi connectivity index (χ0) is 14.5. The minimum atomic E-state index is -0.0493. The largest absolute Gasteiger partial charge is 0.325 e. The molecule has 0 unspecified atom stereocenters. The summed E-state index contributed by atoms with van der Waals surface area (Å²) in [6.45, 7) is 0.335. The fourth-order valence-electron chi connectivity index (χ4n) is 2.45. The van der Waals surface area contributed by atoms with Gasteiger partial charge in [-0.25, -0.2) is 0 Å². The number of Topliss-reactive ketones (excluding diaryl/α,β-unsaturated/α-hetero) is 1. The van der Waals surface area contributed by atoms with Gasteiger partial charge in [-0.05, 0) is 44.2 Å². The van der Waals surface area contributed by atoms with Gasteiger partial charge in [-0.3, -0.25) is 14.5 Å². The number of hydrogen-bond donors (Lipinski definition) is 1. The molecule has 0 radical (unpaired) electrons. The van der Waals surface area contributed by atoms with Crippen molar-refractivity contribution >= 4 is 29.0 Å². The van der Waals surface area contributed by atoms with Crippen LogP contribution in [0, 0.1) is 0 Å². The second-order valence-corrected chi connectivity index (χ2v) is 5.68. The van der Waals surface area contributed by atoms with Crippen LogP contribution in [0.1, 0.15) is 25.7 Å². The van der Waals surface area contributed by atoms with Crippen molar-refractivity contribution in [2.24, 2.45) is 0 Å². The second kappa shape index (κ2) is 6.86. The van der Waals surface area contributed by atoms with Crippen LogP contribution in [-0.4, -0.2) is 36.2 Å². The van der Waals surface area contributed by atoms with E-state index in [9.17, 15) is 9.59 Å². The topological polar surface area (TPSA) is 49.4 Å². The average Bonchev–Trinajstić information content (AvgIpc) is 2.42. The lowest BCUT2D eigenvalue weighted by atomic mass is 9.93. The first kappa shape index (κ1) is 15.0. The molecule has 2 rings (SSSR count). The maximum Gasteiger partial charge on any atom is 0.238 e. The van der Waals surface area contributed by atoms with Gasteiger partial charge < -0.3 is 5.32 Å². The number of amides is 1. The zero-order valence-corrected chi connectivity index (χ0v) is 12.3. The van der Waals surface area contributed by atoms with Crippen molar-refractivity contribution < 1.29 is 9.59 Å². The van der Waals surface area contributed by atoms with Gasteiger partial charge in [-0.1, -0.05) is 11.6 Å². The number of anilines is 1. The third kappa shape index (κ3) is 4.32. The SMILES string of the molecule is CN(CC(=O)Nc1ccc(Cl)cc1)C1CCC(=O)CC1. The molecule has 1 aromatic rings. The fraction of sp³-hybridized carbons (Fsp3) is 0.467. The molecule has 0 saturated heterocycles. The molecule has 5 heteroatoms. The molecule has 1 amide bonds. The Morgan fingerprint density at radius 2 is 1.90 bits per heavy atom. The quantitative estimate of drug-likeness (QED) is 0.929. The Bertz CT molecular complexity index is 477. The summed E-state index contributed by atoms with van der Waals surface area (Å²) in [5, 5.41) is 3.49. The van der Waals surface area contributed by atoms with Gasteiger partial charge in [0, 0.05) is 29.6 Å². The lowest BCUT2D eigenvalue weighted by molar-refractivity contribution is -0.121. The van der Waals surface area contributed by atoms with Gasteiger partial charge in [0.05, 0.1) is 6.54 Å². The van der Waals surface area contributed by atoms with E-state index in [0.29, 0.717) is 36.2 Å². The molecule has 0 heterocycles. The van der Waals surface area contributed by atoms with Crippen LogP contribution in [0.15, 0.2) is 24.3 Å². The molecule has 1 aliphatic rings. The second-order valence-electron chi connectivity index (χ2n) is 5.24. The van der Waals surface area contributed by atoms with Crippen LogP contribution >= 0.6 is 11.6 Å². The summed E-state index contributed by atoms with van der Waals surface area (Å²) in [7, 11) is 1.93. The Hall–Kier alpha value is -1.39. The number of rotatable bonds is 4. The highest BCUT2D eigenvalue weighted by molar-refractivity contribution is 6.30. The first-order chi connectivity index (χ1) is 9.54.